The van der Waals surface area contributed by atoms with Gasteiger partial charge in [-0.3, -0.25) is 0 Å². The van der Waals surface area contributed by atoms with Crippen molar-refractivity contribution in [2.24, 2.45) is 0 Å². The normalized spacial score (nSPS) is 13.6. The highest BCUT2D eigenvalue weighted by atomic mass is 16.6. The monoisotopic (exact) mass is 368 g/mol. The highest BCUT2D eigenvalue weighted by molar-refractivity contribution is 5.71. The Labute approximate surface area is 161 Å². The first-order chi connectivity index (χ1) is 12.9. The molecule has 2 N–H and O–H groups in total. The average Bonchev–Trinajstić information content (AvgIpc) is 2.64. The second-order valence-corrected chi connectivity index (χ2v) is 7.75. The van der Waals surface area contributed by atoms with Crippen molar-refractivity contribution < 1.29 is 14.3 Å². The van der Waals surface area contributed by atoms with Gasteiger partial charge in [-0.25, -0.2) is 4.79 Å². The number of fused-ring (bicyclic) bond motifs is 1. The van der Waals surface area contributed by atoms with E-state index in [9.17, 15) is 4.79 Å². The molecule has 0 unspecified atom stereocenters. The van der Waals surface area contributed by atoms with Crippen molar-refractivity contribution in [3.05, 3.63) is 53.1 Å². The van der Waals surface area contributed by atoms with Crippen LogP contribution in [0, 0.1) is 0 Å². The van der Waals surface area contributed by atoms with Crippen molar-refractivity contribution in [1.29, 1.82) is 0 Å². The zero-order valence-electron chi connectivity index (χ0n) is 16.5. The molecule has 0 atom stereocenters. The van der Waals surface area contributed by atoms with Crippen LogP contribution in [0.3, 0.4) is 0 Å². The van der Waals surface area contributed by atoms with Crippen LogP contribution >= 0.6 is 0 Å². The largest absolute Gasteiger partial charge is 0.496 e. The van der Waals surface area contributed by atoms with Crippen molar-refractivity contribution >= 4 is 6.09 Å². The minimum atomic E-state index is -0.491. The Morgan fingerprint density at radius 2 is 1.85 bits per heavy atom. The van der Waals surface area contributed by atoms with E-state index in [0.29, 0.717) is 6.54 Å². The van der Waals surface area contributed by atoms with Crippen LogP contribution in [0.4, 0.5) is 4.79 Å². The SMILES string of the molecule is COc1ccc(-c2ccc(CNC(=O)OC(C)(C)C)cc2)c2c1CCNC2. The van der Waals surface area contributed by atoms with Gasteiger partial charge in [0, 0.05) is 18.7 Å². The molecule has 0 saturated heterocycles. The third-order valence-electron chi connectivity index (χ3n) is 4.56. The van der Waals surface area contributed by atoms with Crippen molar-refractivity contribution in [2.45, 2.75) is 45.9 Å². The Morgan fingerprint density at radius 3 is 2.52 bits per heavy atom. The van der Waals surface area contributed by atoms with Crippen LogP contribution in [0.2, 0.25) is 0 Å². The number of benzene rings is 2. The van der Waals surface area contributed by atoms with Crippen molar-refractivity contribution in [3.63, 3.8) is 0 Å². The van der Waals surface area contributed by atoms with Gasteiger partial charge in [0.05, 0.1) is 7.11 Å². The molecule has 5 nitrogen and oxygen atoms in total. The molecule has 5 heteroatoms. The molecule has 1 amide bonds. The Morgan fingerprint density at radius 1 is 1.11 bits per heavy atom. The molecule has 1 aliphatic heterocycles. The van der Waals surface area contributed by atoms with E-state index in [1.54, 1.807) is 7.11 Å². The fourth-order valence-electron chi connectivity index (χ4n) is 3.33. The summed E-state index contributed by atoms with van der Waals surface area (Å²) in [6.07, 6.45) is 0.575. The van der Waals surface area contributed by atoms with Crippen LogP contribution < -0.4 is 15.4 Å². The predicted octanol–water partition coefficient (Wildman–Crippen LogP) is 4.03. The topological polar surface area (TPSA) is 59.6 Å². The van der Waals surface area contributed by atoms with E-state index in [-0.39, 0.29) is 0 Å². The molecule has 0 spiro atoms. The number of hydrogen-bond acceptors (Lipinski definition) is 4. The van der Waals surface area contributed by atoms with Crippen LogP contribution in [0.1, 0.15) is 37.5 Å². The van der Waals surface area contributed by atoms with Gasteiger partial charge < -0.3 is 20.1 Å². The standard InChI is InChI=1S/C22H28N2O3/c1-22(2,3)27-21(25)24-13-15-5-7-16(8-6-15)17-9-10-20(26-4)18-11-12-23-14-19(17)18/h5-10,23H,11-14H2,1-4H3,(H,24,25). The Balaban J connectivity index is 1.74. The highest BCUT2D eigenvalue weighted by Crippen LogP contribution is 2.34. The molecule has 0 radical (unpaired) electrons. The summed E-state index contributed by atoms with van der Waals surface area (Å²) in [4.78, 5) is 11.8. The maximum atomic E-state index is 11.8. The van der Waals surface area contributed by atoms with Gasteiger partial charge in [0.15, 0.2) is 0 Å². The van der Waals surface area contributed by atoms with E-state index >= 15 is 0 Å². The van der Waals surface area contributed by atoms with Gasteiger partial charge >= 0.3 is 6.09 Å². The first-order valence-electron chi connectivity index (χ1n) is 9.33. The number of alkyl carbamates (subject to hydrolysis) is 1. The average molecular weight is 368 g/mol. The van der Waals surface area contributed by atoms with E-state index in [0.717, 1.165) is 30.8 Å². The summed E-state index contributed by atoms with van der Waals surface area (Å²) in [5, 5.41) is 6.24. The van der Waals surface area contributed by atoms with E-state index in [1.165, 1.54) is 22.3 Å². The van der Waals surface area contributed by atoms with E-state index in [4.69, 9.17) is 9.47 Å². The van der Waals surface area contributed by atoms with Crippen LogP contribution in [-0.2, 0) is 24.2 Å². The molecule has 1 aliphatic rings. The molecule has 0 aliphatic carbocycles. The van der Waals surface area contributed by atoms with Gasteiger partial charge in [0.25, 0.3) is 0 Å². The maximum absolute atomic E-state index is 11.8. The van der Waals surface area contributed by atoms with Gasteiger partial charge in [-0.2, -0.15) is 0 Å². The second-order valence-electron chi connectivity index (χ2n) is 7.75. The minimum Gasteiger partial charge on any atom is -0.496 e. The number of ether oxygens (including phenoxy) is 2. The zero-order chi connectivity index (χ0) is 19.4. The van der Waals surface area contributed by atoms with Crippen LogP contribution in [0.15, 0.2) is 36.4 Å². The third kappa shape index (κ3) is 4.80. The lowest BCUT2D eigenvalue weighted by Gasteiger charge is -2.23. The number of carbonyl (C=O) groups is 1. The molecule has 0 bridgehead atoms. The summed E-state index contributed by atoms with van der Waals surface area (Å²) in [5.41, 5.74) is 5.54. The van der Waals surface area contributed by atoms with Gasteiger partial charge in [0.1, 0.15) is 11.4 Å². The number of carbonyl (C=O) groups excluding carboxylic acids is 1. The summed E-state index contributed by atoms with van der Waals surface area (Å²) in [5.74, 6) is 0.966. The summed E-state index contributed by atoms with van der Waals surface area (Å²) in [6, 6.07) is 12.5. The number of nitrogens with one attached hydrogen (secondary N) is 2. The number of amides is 1. The third-order valence-corrected chi connectivity index (χ3v) is 4.56. The fraction of sp³-hybridized carbons (Fsp3) is 0.409. The lowest BCUT2D eigenvalue weighted by atomic mass is 9.91. The molecule has 0 aromatic heterocycles. The smallest absolute Gasteiger partial charge is 0.407 e. The van der Waals surface area contributed by atoms with E-state index < -0.39 is 11.7 Å². The van der Waals surface area contributed by atoms with Crippen LogP contribution in [0.5, 0.6) is 5.75 Å². The second kappa shape index (κ2) is 8.01. The molecule has 0 saturated carbocycles. The molecule has 27 heavy (non-hydrogen) atoms. The quantitative estimate of drug-likeness (QED) is 0.855. The van der Waals surface area contributed by atoms with Crippen molar-refractivity contribution in [1.82, 2.24) is 10.6 Å². The number of methoxy groups -OCH3 is 1. The predicted molar refractivity (Wildman–Crippen MR) is 107 cm³/mol. The molecular formula is C22H28N2O3. The van der Waals surface area contributed by atoms with E-state index in [1.807, 2.05) is 32.9 Å². The lowest BCUT2D eigenvalue weighted by Crippen LogP contribution is -2.32. The minimum absolute atomic E-state index is 0.401. The summed E-state index contributed by atoms with van der Waals surface area (Å²) < 4.78 is 10.8. The highest BCUT2D eigenvalue weighted by Gasteiger charge is 2.18. The first-order valence-corrected chi connectivity index (χ1v) is 9.33. The number of hydrogen-bond donors (Lipinski definition) is 2. The molecule has 144 valence electrons. The lowest BCUT2D eigenvalue weighted by molar-refractivity contribution is 0.0523. The van der Waals surface area contributed by atoms with E-state index in [2.05, 4.69) is 34.9 Å². The molecule has 2 aromatic carbocycles. The van der Waals surface area contributed by atoms with Crippen LogP contribution in [0.25, 0.3) is 11.1 Å². The molecule has 3 rings (SSSR count). The van der Waals surface area contributed by atoms with Crippen molar-refractivity contribution in [3.8, 4) is 16.9 Å². The first kappa shape index (κ1) is 19.2. The number of rotatable bonds is 4. The van der Waals surface area contributed by atoms with Gasteiger partial charge in [-0.15, -0.1) is 0 Å². The molecule has 1 heterocycles. The summed E-state index contributed by atoms with van der Waals surface area (Å²) >= 11 is 0. The Hall–Kier alpha value is -2.53. The van der Waals surface area contributed by atoms with Gasteiger partial charge in [-0.1, -0.05) is 30.3 Å². The molecular weight excluding hydrogens is 340 g/mol. The zero-order valence-corrected chi connectivity index (χ0v) is 16.5. The maximum Gasteiger partial charge on any atom is 0.407 e. The molecule has 0 fully saturated rings. The summed E-state index contributed by atoms with van der Waals surface area (Å²) in [7, 11) is 1.73. The van der Waals surface area contributed by atoms with Crippen molar-refractivity contribution in [2.75, 3.05) is 13.7 Å². The summed E-state index contributed by atoms with van der Waals surface area (Å²) in [6.45, 7) is 7.83. The Bertz CT molecular complexity index is 808. The Kier molecular flexibility index (Phi) is 5.71. The molecule has 2 aromatic rings. The van der Waals surface area contributed by atoms with Gasteiger partial charge in [-0.05, 0) is 62.1 Å². The van der Waals surface area contributed by atoms with Gasteiger partial charge in [0.2, 0.25) is 0 Å². The van der Waals surface area contributed by atoms with Crippen LogP contribution in [-0.4, -0.2) is 25.3 Å². The fourth-order valence-corrected chi connectivity index (χ4v) is 3.33.